The number of para-hydroxylation sites is 1. The Hall–Kier alpha value is -3.31. The molecule has 32 heavy (non-hydrogen) atoms. The van der Waals surface area contributed by atoms with Gasteiger partial charge in [-0.3, -0.25) is 4.79 Å². The fourth-order valence-electron chi connectivity index (χ4n) is 3.87. The molecule has 0 aromatic heterocycles. The van der Waals surface area contributed by atoms with Gasteiger partial charge in [0.1, 0.15) is 23.4 Å². The number of rotatable bonds is 7. The van der Waals surface area contributed by atoms with Crippen LogP contribution >= 0.6 is 0 Å². The zero-order valence-electron chi connectivity index (χ0n) is 18.7. The molecular weight excluding hydrogens is 400 g/mol. The molecule has 4 rings (SSSR count). The van der Waals surface area contributed by atoms with Gasteiger partial charge in [0.05, 0.1) is 0 Å². The van der Waals surface area contributed by atoms with Gasteiger partial charge in [0.25, 0.3) is 5.91 Å². The van der Waals surface area contributed by atoms with E-state index >= 15 is 0 Å². The number of nitrogens with zero attached hydrogens (tertiary/aromatic N) is 2. The van der Waals surface area contributed by atoms with Crippen LogP contribution in [0.25, 0.3) is 0 Å². The number of likely N-dealkylation sites (tertiary alicyclic amines) is 1. The Morgan fingerprint density at radius 1 is 0.906 bits per heavy atom. The molecule has 1 fully saturated rings. The predicted octanol–water partition coefficient (Wildman–Crippen LogP) is 5.22. The first-order valence-corrected chi connectivity index (χ1v) is 11.1. The minimum Gasteiger partial charge on any atom is -0.490 e. The number of benzene rings is 3. The van der Waals surface area contributed by atoms with E-state index in [2.05, 4.69) is 11.9 Å². The van der Waals surface area contributed by atoms with Crippen LogP contribution < -0.4 is 9.47 Å². The van der Waals surface area contributed by atoms with E-state index in [0.717, 1.165) is 43.0 Å². The zero-order valence-corrected chi connectivity index (χ0v) is 18.7. The van der Waals surface area contributed by atoms with Crippen molar-refractivity contribution >= 4 is 5.91 Å². The summed E-state index contributed by atoms with van der Waals surface area (Å²) in [5.74, 6) is 2.32. The van der Waals surface area contributed by atoms with Crippen LogP contribution in [0.15, 0.2) is 78.9 Å². The van der Waals surface area contributed by atoms with Gasteiger partial charge < -0.3 is 19.3 Å². The van der Waals surface area contributed by atoms with Crippen LogP contribution in [0.2, 0.25) is 0 Å². The highest BCUT2D eigenvalue weighted by Gasteiger charge is 2.18. The zero-order chi connectivity index (χ0) is 22.3. The summed E-state index contributed by atoms with van der Waals surface area (Å²) >= 11 is 0. The number of carbonyl (C=O) groups is 1. The summed E-state index contributed by atoms with van der Waals surface area (Å²) in [5, 5.41) is 0. The van der Waals surface area contributed by atoms with Crippen LogP contribution in [-0.4, -0.2) is 49.0 Å². The van der Waals surface area contributed by atoms with E-state index < -0.39 is 0 Å². The van der Waals surface area contributed by atoms with Crippen molar-refractivity contribution in [3.8, 4) is 17.2 Å². The predicted molar refractivity (Wildman–Crippen MR) is 126 cm³/mol. The fraction of sp³-hybridized carbons (Fsp3) is 0.296. The lowest BCUT2D eigenvalue weighted by molar-refractivity contribution is 0.0784. The molecule has 1 aliphatic rings. The van der Waals surface area contributed by atoms with E-state index in [4.69, 9.17) is 9.47 Å². The molecule has 1 heterocycles. The molecule has 5 nitrogen and oxygen atoms in total. The number of piperidine rings is 1. The number of ether oxygens (including phenoxy) is 2. The first-order valence-electron chi connectivity index (χ1n) is 11.1. The average molecular weight is 431 g/mol. The Bertz CT molecular complexity index is 1010. The van der Waals surface area contributed by atoms with E-state index in [1.165, 1.54) is 0 Å². The molecule has 0 aliphatic carbocycles. The van der Waals surface area contributed by atoms with E-state index in [9.17, 15) is 4.79 Å². The lowest BCUT2D eigenvalue weighted by atomic mass is 10.1. The number of hydrogen-bond acceptors (Lipinski definition) is 4. The molecule has 0 radical (unpaired) electrons. The second-order valence-electron chi connectivity index (χ2n) is 8.37. The molecule has 0 unspecified atom stereocenters. The summed E-state index contributed by atoms with van der Waals surface area (Å²) in [6.07, 6.45) is 2.35. The summed E-state index contributed by atoms with van der Waals surface area (Å²) in [6, 6.07) is 24.9. The van der Waals surface area contributed by atoms with E-state index in [-0.39, 0.29) is 12.0 Å². The van der Waals surface area contributed by atoms with E-state index in [1.807, 2.05) is 73.8 Å². The van der Waals surface area contributed by atoms with Crippen molar-refractivity contribution in [3.63, 3.8) is 0 Å². The summed E-state index contributed by atoms with van der Waals surface area (Å²) in [4.78, 5) is 17.0. The Morgan fingerprint density at radius 3 is 2.28 bits per heavy atom. The topological polar surface area (TPSA) is 42.0 Å². The third-order valence-corrected chi connectivity index (χ3v) is 5.71. The van der Waals surface area contributed by atoms with Crippen molar-refractivity contribution in [2.45, 2.75) is 25.5 Å². The Morgan fingerprint density at radius 2 is 1.56 bits per heavy atom. The lowest BCUT2D eigenvalue weighted by Crippen LogP contribution is -2.35. The van der Waals surface area contributed by atoms with Crippen LogP contribution in [0.3, 0.4) is 0 Å². The van der Waals surface area contributed by atoms with Gasteiger partial charge in [-0.05, 0) is 74.0 Å². The minimum absolute atomic E-state index is 0.0297. The second-order valence-corrected chi connectivity index (χ2v) is 8.37. The fourth-order valence-corrected chi connectivity index (χ4v) is 3.87. The minimum atomic E-state index is -0.0297. The smallest absolute Gasteiger partial charge is 0.253 e. The lowest BCUT2D eigenvalue weighted by Gasteiger charge is -2.29. The van der Waals surface area contributed by atoms with Crippen molar-refractivity contribution in [3.05, 3.63) is 90.0 Å². The molecular formula is C27H30N2O3. The molecule has 0 atom stereocenters. The molecule has 3 aromatic rings. The normalized spacial score (nSPS) is 14.7. The van der Waals surface area contributed by atoms with Gasteiger partial charge in [-0.25, -0.2) is 0 Å². The second kappa shape index (κ2) is 10.3. The molecule has 166 valence electrons. The third-order valence-electron chi connectivity index (χ3n) is 5.71. The van der Waals surface area contributed by atoms with Crippen LogP contribution in [0.4, 0.5) is 0 Å². The van der Waals surface area contributed by atoms with Crippen LogP contribution in [0.1, 0.15) is 28.8 Å². The monoisotopic (exact) mass is 430 g/mol. The van der Waals surface area contributed by atoms with Crippen molar-refractivity contribution in [2.24, 2.45) is 0 Å². The van der Waals surface area contributed by atoms with Crippen LogP contribution in [0.5, 0.6) is 17.2 Å². The average Bonchev–Trinajstić information content (AvgIpc) is 2.81. The molecule has 1 amide bonds. The molecule has 3 aromatic carbocycles. The van der Waals surface area contributed by atoms with Crippen LogP contribution in [0, 0.1) is 0 Å². The molecule has 0 bridgehead atoms. The van der Waals surface area contributed by atoms with Gasteiger partial charge in [-0.15, -0.1) is 0 Å². The maximum absolute atomic E-state index is 12.9. The van der Waals surface area contributed by atoms with Gasteiger partial charge in [-0.2, -0.15) is 0 Å². The Kier molecular flexibility index (Phi) is 7.07. The van der Waals surface area contributed by atoms with Crippen molar-refractivity contribution < 1.29 is 14.3 Å². The largest absolute Gasteiger partial charge is 0.490 e. The first kappa shape index (κ1) is 21.9. The first-order chi connectivity index (χ1) is 15.6. The third kappa shape index (κ3) is 5.89. The standard InChI is InChI=1S/C27H30N2O3/c1-28-17-15-25(16-18-28)32-26-10-6-7-21(19-26)20-29(2)27(30)22-11-13-24(14-12-22)31-23-8-4-3-5-9-23/h3-14,19,25H,15-18,20H2,1-2H3. The Balaban J connectivity index is 1.34. The SMILES string of the molecule is CN1CCC(Oc2cccc(CN(C)C(=O)c3ccc(Oc4ccccc4)cc3)c2)CC1. The number of amides is 1. The molecule has 0 spiro atoms. The maximum Gasteiger partial charge on any atom is 0.253 e. The molecule has 1 saturated heterocycles. The van der Waals surface area contributed by atoms with Gasteiger partial charge in [0.15, 0.2) is 0 Å². The highest BCUT2D eigenvalue weighted by Crippen LogP contribution is 2.23. The Labute approximate surface area is 190 Å². The van der Waals surface area contributed by atoms with E-state index in [1.54, 1.807) is 17.0 Å². The van der Waals surface area contributed by atoms with Gasteiger partial charge >= 0.3 is 0 Å². The molecule has 5 heteroatoms. The van der Waals surface area contributed by atoms with Crippen molar-refractivity contribution in [1.82, 2.24) is 9.80 Å². The number of carbonyl (C=O) groups excluding carboxylic acids is 1. The van der Waals surface area contributed by atoms with Gasteiger partial charge in [0.2, 0.25) is 0 Å². The van der Waals surface area contributed by atoms with Crippen LogP contribution in [-0.2, 0) is 6.54 Å². The summed E-state index contributed by atoms with van der Waals surface area (Å²) in [7, 11) is 3.97. The molecule has 1 aliphatic heterocycles. The molecule has 0 N–H and O–H groups in total. The summed E-state index contributed by atoms with van der Waals surface area (Å²) in [5.41, 5.74) is 1.68. The van der Waals surface area contributed by atoms with Crippen molar-refractivity contribution in [1.29, 1.82) is 0 Å². The quantitative estimate of drug-likeness (QED) is 0.515. The van der Waals surface area contributed by atoms with E-state index in [0.29, 0.717) is 17.9 Å². The van der Waals surface area contributed by atoms with Crippen molar-refractivity contribution in [2.75, 3.05) is 27.2 Å². The van der Waals surface area contributed by atoms with Gasteiger partial charge in [0, 0.05) is 32.2 Å². The maximum atomic E-state index is 12.9. The molecule has 0 saturated carbocycles. The van der Waals surface area contributed by atoms with Gasteiger partial charge in [-0.1, -0.05) is 30.3 Å². The number of hydrogen-bond donors (Lipinski definition) is 0. The highest BCUT2D eigenvalue weighted by atomic mass is 16.5. The summed E-state index contributed by atoms with van der Waals surface area (Å²) in [6.45, 7) is 2.65. The summed E-state index contributed by atoms with van der Waals surface area (Å²) < 4.78 is 12.0. The highest BCUT2D eigenvalue weighted by molar-refractivity contribution is 5.94.